The van der Waals surface area contributed by atoms with Crippen LogP contribution < -0.4 is 0 Å². The van der Waals surface area contributed by atoms with Crippen molar-refractivity contribution < 1.29 is 4.79 Å². The summed E-state index contributed by atoms with van der Waals surface area (Å²) in [4.78, 5) is 20.7. The lowest BCUT2D eigenvalue weighted by Crippen LogP contribution is -2.31. The molecule has 1 saturated heterocycles. The summed E-state index contributed by atoms with van der Waals surface area (Å²) in [6, 6.07) is 14.8. The fourth-order valence-corrected chi connectivity index (χ4v) is 5.42. The third kappa shape index (κ3) is 3.78. The van der Waals surface area contributed by atoms with Gasteiger partial charge in [-0.1, -0.05) is 43.3 Å². The van der Waals surface area contributed by atoms with E-state index < -0.39 is 0 Å². The second-order valence-corrected chi connectivity index (χ2v) is 8.84. The Morgan fingerprint density at radius 3 is 2.63 bits per heavy atom. The van der Waals surface area contributed by atoms with Crippen LogP contribution in [-0.2, 0) is 13.0 Å². The van der Waals surface area contributed by atoms with Gasteiger partial charge < -0.3 is 0 Å². The number of hydrogen-bond acceptors (Lipinski definition) is 4. The molecule has 2 aliphatic rings. The van der Waals surface area contributed by atoms with E-state index in [1.54, 1.807) is 11.3 Å². The number of aromatic nitrogens is 1. The van der Waals surface area contributed by atoms with Gasteiger partial charge in [0.05, 0.1) is 4.88 Å². The van der Waals surface area contributed by atoms with Gasteiger partial charge in [0.2, 0.25) is 0 Å². The summed E-state index contributed by atoms with van der Waals surface area (Å²) >= 11 is 1.59. The van der Waals surface area contributed by atoms with Gasteiger partial charge in [-0.25, -0.2) is 0 Å². The molecule has 3 heterocycles. The molecule has 0 radical (unpaired) electrons. The maximum Gasteiger partial charge on any atom is 0.177 e. The van der Waals surface area contributed by atoms with Crippen LogP contribution in [0.2, 0.25) is 0 Å². The van der Waals surface area contributed by atoms with Crippen LogP contribution in [0.1, 0.15) is 57.9 Å². The van der Waals surface area contributed by atoms with E-state index in [4.69, 9.17) is 0 Å². The highest BCUT2D eigenvalue weighted by atomic mass is 32.1. The molecule has 4 heteroatoms. The van der Waals surface area contributed by atoms with Gasteiger partial charge in [0, 0.05) is 43.5 Å². The highest BCUT2D eigenvalue weighted by molar-refractivity contribution is 7.12. The Morgan fingerprint density at radius 2 is 1.83 bits per heavy atom. The summed E-state index contributed by atoms with van der Waals surface area (Å²) < 4.78 is 0. The minimum atomic E-state index is 0. The predicted octanol–water partition coefficient (Wildman–Crippen LogP) is 5.92. The zero-order chi connectivity index (χ0) is 19.8. The van der Waals surface area contributed by atoms with Crippen molar-refractivity contribution in [3.05, 3.63) is 92.4 Å². The third-order valence-corrected chi connectivity index (χ3v) is 7.10. The molecule has 0 spiro atoms. The number of piperidine rings is 1. The summed E-state index contributed by atoms with van der Waals surface area (Å²) in [5, 5.41) is 2.07. The summed E-state index contributed by atoms with van der Waals surface area (Å²) in [7, 11) is 0. The van der Waals surface area contributed by atoms with Gasteiger partial charge in [0.25, 0.3) is 0 Å². The average molecular weight is 417 g/mol. The largest absolute Gasteiger partial charge is 0.298 e. The van der Waals surface area contributed by atoms with Gasteiger partial charge >= 0.3 is 0 Å². The summed E-state index contributed by atoms with van der Waals surface area (Å²) in [6.07, 6.45) is 4.46. The second-order valence-electron chi connectivity index (χ2n) is 7.92. The standard InChI is InChI=1S/C25H24N2OS.CH4/c1-17-20(6-4-11-26-17)16-27-12-8-18(9-13-27)24-21-7-3-2-5-19(21)15-23(28)25-22(24)10-14-29-25;/h2-7,10-11,14H,8-9,12-13,15-16H2,1H3;1H4. The Morgan fingerprint density at radius 1 is 1.03 bits per heavy atom. The molecule has 2 aromatic heterocycles. The molecule has 0 N–H and O–H groups in total. The molecule has 1 aromatic carbocycles. The number of ketones is 1. The molecule has 0 unspecified atom stereocenters. The third-order valence-electron chi connectivity index (χ3n) is 6.15. The Labute approximate surface area is 183 Å². The van der Waals surface area contributed by atoms with Gasteiger partial charge in [-0.3, -0.25) is 14.7 Å². The first kappa shape index (κ1) is 20.7. The van der Waals surface area contributed by atoms with E-state index >= 15 is 0 Å². The molecule has 3 aromatic rings. The molecule has 0 bridgehead atoms. The highest BCUT2D eigenvalue weighted by Crippen LogP contribution is 2.40. The number of hydrogen-bond donors (Lipinski definition) is 0. The van der Waals surface area contributed by atoms with Gasteiger partial charge in [-0.15, -0.1) is 11.3 Å². The molecule has 0 saturated carbocycles. The van der Waals surface area contributed by atoms with Crippen LogP contribution in [0, 0.1) is 6.92 Å². The van der Waals surface area contributed by atoms with Crippen molar-refractivity contribution in [2.75, 3.05) is 13.1 Å². The van der Waals surface area contributed by atoms with Crippen molar-refractivity contribution in [2.24, 2.45) is 0 Å². The molecule has 1 aliphatic carbocycles. The SMILES string of the molecule is C.Cc1ncccc1CN1CCC(=C2c3ccccc3CC(=O)c3sccc32)CC1. The number of carbonyl (C=O) groups excluding carboxylic acids is 1. The Kier molecular flexibility index (Phi) is 5.98. The summed E-state index contributed by atoms with van der Waals surface area (Å²) in [5.41, 5.74) is 8.81. The maximum absolute atomic E-state index is 12.8. The van der Waals surface area contributed by atoms with Crippen molar-refractivity contribution in [3.8, 4) is 0 Å². The molecule has 154 valence electrons. The number of benzene rings is 1. The van der Waals surface area contributed by atoms with Crippen molar-refractivity contribution in [3.63, 3.8) is 0 Å². The zero-order valence-corrected chi connectivity index (χ0v) is 17.5. The molecule has 5 rings (SSSR count). The molecule has 3 nitrogen and oxygen atoms in total. The summed E-state index contributed by atoms with van der Waals surface area (Å²) in [5.74, 6) is 0.252. The Bertz CT molecular complexity index is 1100. The van der Waals surface area contributed by atoms with E-state index in [0.717, 1.165) is 54.2 Å². The monoisotopic (exact) mass is 416 g/mol. The number of pyridine rings is 1. The smallest absolute Gasteiger partial charge is 0.177 e. The van der Waals surface area contributed by atoms with E-state index in [0.29, 0.717) is 6.42 Å². The lowest BCUT2D eigenvalue weighted by atomic mass is 9.87. The molecule has 30 heavy (non-hydrogen) atoms. The van der Waals surface area contributed by atoms with E-state index in [2.05, 4.69) is 52.5 Å². The van der Waals surface area contributed by atoms with Crippen LogP contribution >= 0.6 is 11.3 Å². The number of fused-ring (bicyclic) bond motifs is 2. The van der Waals surface area contributed by atoms with Gasteiger partial charge in [-0.05, 0) is 59.5 Å². The number of carbonyl (C=O) groups is 1. The quantitative estimate of drug-likeness (QED) is 0.519. The molecular weight excluding hydrogens is 388 g/mol. The van der Waals surface area contributed by atoms with Crippen molar-refractivity contribution in [2.45, 2.75) is 40.2 Å². The molecule has 1 aliphatic heterocycles. The van der Waals surface area contributed by atoms with Crippen LogP contribution in [0.4, 0.5) is 0 Å². The van der Waals surface area contributed by atoms with Crippen LogP contribution in [0.3, 0.4) is 0 Å². The number of Topliss-reactive ketones (excluding diaryl/α,β-unsaturated/α-hetero) is 1. The number of thiophene rings is 1. The second kappa shape index (κ2) is 8.66. The van der Waals surface area contributed by atoms with Gasteiger partial charge in [0.1, 0.15) is 0 Å². The minimum Gasteiger partial charge on any atom is -0.298 e. The van der Waals surface area contributed by atoms with Crippen LogP contribution in [0.5, 0.6) is 0 Å². The van der Waals surface area contributed by atoms with E-state index in [1.807, 2.05) is 18.3 Å². The highest BCUT2D eigenvalue weighted by Gasteiger charge is 2.28. The fourth-order valence-electron chi connectivity index (χ4n) is 4.58. The van der Waals surface area contributed by atoms with Crippen LogP contribution in [0.15, 0.2) is 59.6 Å². The fraction of sp³-hybridized carbons (Fsp3) is 0.308. The number of rotatable bonds is 2. The Hall–Kier alpha value is -2.56. The molecule has 1 fully saturated rings. The lowest BCUT2D eigenvalue weighted by Gasteiger charge is -2.30. The number of aryl methyl sites for hydroxylation is 1. The van der Waals surface area contributed by atoms with Crippen LogP contribution in [-0.4, -0.2) is 28.8 Å². The number of nitrogens with zero attached hydrogens (tertiary/aromatic N) is 2. The van der Waals surface area contributed by atoms with Crippen LogP contribution in [0.25, 0.3) is 5.57 Å². The van der Waals surface area contributed by atoms with Gasteiger partial charge in [0.15, 0.2) is 5.78 Å². The first-order valence-electron chi connectivity index (χ1n) is 10.2. The van der Waals surface area contributed by atoms with Crippen molar-refractivity contribution in [1.29, 1.82) is 0 Å². The summed E-state index contributed by atoms with van der Waals surface area (Å²) in [6.45, 7) is 5.14. The topological polar surface area (TPSA) is 33.2 Å². The van der Waals surface area contributed by atoms with E-state index in [-0.39, 0.29) is 13.2 Å². The van der Waals surface area contributed by atoms with Crippen molar-refractivity contribution >= 4 is 22.7 Å². The molecule has 0 amide bonds. The minimum absolute atomic E-state index is 0. The maximum atomic E-state index is 12.8. The lowest BCUT2D eigenvalue weighted by molar-refractivity contribution is 0.0997. The van der Waals surface area contributed by atoms with E-state index in [9.17, 15) is 4.79 Å². The van der Waals surface area contributed by atoms with E-state index in [1.165, 1.54) is 22.3 Å². The molecule has 0 atom stereocenters. The number of likely N-dealkylation sites (tertiary alicyclic amines) is 1. The van der Waals surface area contributed by atoms with Gasteiger partial charge in [-0.2, -0.15) is 0 Å². The normalized spacial score (nSPS) is 16.5. The average Bonchev–Trinajstić information content (AvgIpc) is 3.18. The first-order chi connectivity index (χ1) is 14.2. The molecular formula is C26H28N2OS. The van der Waals surface area contributed by atoms with Crippen molar-refractivity contribution in [1.82, 2.24) is 9.88 Å². The first-order valence-corrected chi connectivity index (χ1v) is 11.1. The zero-order valence-electron chi connectivity index (χ0n) is 16.6. The Balaban J connectivity index is 0.00000218. The predicted molar refractivity (Wildman–Crippen MR) is 125 cm³/mol.